The number of ether oxygens (including phenoxy) is 1. The van der Waals surface area contributed by atoms with Crippen molar-refractivity contribution < 1.29 is 27.9 Å². The zero-order valence-electron chi connectivity index (χ0n) is 20.2. The summed E-state index contributed by atoms with van der Waals surface area (Å²) in [5, 5.41) is 10.0. The van der Waals surface area contributed by atoms with Gasteiger partial charge in [-0.05, 0) is 31.4 Å². The number of aliphatic carboxylic acids is 1. The van der Waals surface area contributed by atoms with Gasteiger partial charge in [-0.2, -0.15) is 0 Å². The minimum Gasteiger partial charge on any atom is -0.481 e. The van der Waals surface area contributed by atoms with Crippen LogP contribution in [-0.2, 0) is 38.0 Å². The normalized spacial score (nSPS) is 12.9. The standard InChI is InChI=1S/C25H30N4O6S/c1-17-23(20-12-6-7-13-21(20)29(17)2)36(33,34)28-25(26)27-14-8-11-19(24(31)32)15-22(30)35-16-18-9-4-3-5-10-18/h3-7,9-10,12-13,19H,8,11,14-16H2,1-2H3,(H,31,32)(H3,26,27,28). The van der Waals surface area contributed by atoms with Crippen molar-refractivity contribution in [3.63, 3.8) is 0 Å². The largest absolute Gasteiger partial charge is 0.481 e. The first kappa shape index (κ1) is 26.7. The van der Waals surface area contributed by atoms with Gasteiger partial charge in [0, 0.05) is 30.2 Å². The maximum absolute atomic E-state index is 13.0. The molecule has 0 aliphatic heterocycles. The average Bonchev–Trinajstić information content (AvgIpc) is 3.10. The van der Waals surface area contributed by atoms with Gasteiger partial charge in [-0.25, -0.2) is 13.1 Å². The minimum atomic E-state index is -3.99. The lowest BCUT2D eigenvalue weighted by Gasteiger charge is -2.12. The number of carbonyl (C=O) groups excluding carboxylic acids is 1. The highest BCUT2D eigenvalue weighted by Gasteiger charge is 2.25. The number of carboxylic acid groups (broad SMARTS) is 1. The van der Waals surface area contributed by atoms with Crippen LogP contribution in [0, 0.1) is 12.8 Å². The molecule has 0 bridgehead atoms. The summed E-state index contributed by atoms with van der Waals surface area (Å²) in [6.07, 6.45) is 0.175. The Labute approximate surface area is 209 Å². The molecule has 192 valence electrons. The molecule has 3 rings (SSSR count). The molecule has 0 fully saturated rings. The SMILES string of the molecule is Cc1c(S(=O)(=O)NC(N)=NCCCC(CC(=O)OCc2ccccc2)C(=O)O)c2ccccc2n1C. The van der Waals surface area contributed by atoms with E-state index in [-0.39, 0.29) is 36.8 Å². The lowest BCUT2D eigenvalue weighted by atomic mass is 10.00. The quantitative estimate of drug-likeness (QED) is 0.154. The molecule has 3 aromatic rings. The van der Waals surface area contributed by atoms with E-state index in [0.29, 0.717) is 17.5 Å². The van der Waals surface area contributed by atoms with Gasteiger partial charge in [-0.3, -0.25) is 14.6 Å². The molecule has 0 saturated heterocycles. The fourth-order valence-electron chi connectivity index (χ4n) is 3.89. The zero-order valence-corrected chi connectivity index (χ0v) is 21.0. The van der Waals surface area contributed by atoms with E-state index in [9.17, 15) is 23.1 Å². The zero-order chi connectivity index (χ0) is 26.3. The smallest absolute Gasteiger partial charge is 0.307 e. The van der Waals surface area contributed by atoms with Crippen LogP contribution in [0.2, 0.25) is 0 Å². The van der Waals surface area contributed by atoms with Gasteiger partial charge in [0.15, 0.2) is 0 Å². The third-order valence-electron chi connectivity index (χ3n) is 5.85. The van der Waals surface area contributed by atoms with Crippen LogP contribution in [0.4, 0.5) is 0 Å². The van der Waals surface area contributed by atoms with Crippen LogP contribution >= 0.6 is 0 Å². The molecule has 1 atom stereocenters. The Kier molecular flexibility index (Phi) is 8.70. The van der Waals surface area contributed by atoms with E-state index in [1.165, 1.54) is 0 Å². The number of guanidine groups is 1. The molecule has 4 N–H and O–H groups in total. The number of rotatable bonds is 11. The molecule has 11 heteroatoms. The van der Waals surface area contributed by atoms with E-state index in [1.807, 2.05) is 30.3 Å². The lowest BCUT2D eigenvalue weighted by Crippen LogP contribution is -2.37. The van der Waals surface area contributed by atoms with Gasteiger partial charge in [0.05, 0.1) is 12.3 Å². The maximum atomic E-state index is 13.0. The van der Waals surface area contributed by atoms with Gasteiger partial charge in [0.2, 0.25) is 5.96 Å². The van der Waals surface area contributed by atoms with Gasteiger partial charge >= 0.3 is 11.9 Å². The van der Waals surface area contributed by atoms with Crippen molar-refractivity contribution in [3.8, 4) is 0 Å². The molecule has 0 amide bonds. The van der Waals surface area contributed by atoms with E-state index < -0.39 is 27.9 Å². The van der Waals surface area contributed by atoms with E-state index >= 15 is 0 Å². The summed E-state index contributed by atoms with van der Waals surface area (Å²) >= 11 is 0. The van der Waals surface area contributed by atoms with Crippen LogP contribution in [0.5, 0.6) is 0 Å². The van der Waals surface area contributed by atoms with Crippen LogP contribution in [0.15, 0.2) is 64.5 Å². The summed E-state index contributed by atoms with van der Waals surface area (Å²) in [7, 11) is -2.21. The van der Waals surface area contributed by atoms with E-state index in [2.05, 4.69) is 9.71 Å². The number of nitrogens with one attached hydrogen (secondary N) is 1. The number of nitrogens with two attached hydrogens (primary N) is 1. The van der Waals surface area contributed by atoms with Crippen molar-refractivity contribution >= 4 is 38.8 Å². The first-order chi connectivity index (χ1) is 17.1. The number of carbonyl (C=O) groups is 2. The predicted octanol–water partition coefficient (Wildman–Crippen LogP) is 2.69. The van der Waals surface area contributed by atoms with Crippen molar-refractivity contribution in [2.24, 2.45) is 23.7 Å². The summed E-state index contributed by atoms with van der Waals surface area (Å²) in [6, 6.07) is 16.2. The van der Waals surface area contributed by atoms with Crippen molar-refractivity contribution in [1.82, 2.24) is 9.29 Å². The second-order valence-corrected chi connectivity index (χ2v) is 10.0. The summed E-state index contributed by atoms with van der Waals surface area (Å²) in [5.41, 5.74) is 7.95. The van der Waals surface area contributed by atoms with Crippen molar-refractivity contribution in [2.45, 2.75) is 37.7 Å². The molecule has 0 saturated carbocycles. The number of fused-ring (bicyclic) bond motifs is 1. The Balaban J connectivity index is 1.54. The van der Waals surface area contributed by atoms with Gasteiger partial charge in [0.1, 0.15) is 11.5 Å². The molecular weight excluding hydrogens is 484 g/mol. The first-order valence-corrected chi connectivity index (χ1v) is 12.9. The third kappa shape index (κ3) is 6.63. The Morgan fingerprint density at radius 1 is 1.14 bits per heavy atom. The Hall–Kier alpha value is -3.86. The van der Waals surface area contributed by atoms with Crippen molar-refractivity contribution in [2.75, 3.05) is 6.54 Å². The minimum absolute atomic E-state index is 0.0726. The Bertz CT molecular complexity index is 1370. The number of aliphatic imine (C=N–C) groups is 1. The van der Waals surface area contributed by atoms with Crippen LogP contribution in [0.1, 0.15) is 30.5 Å². The van der Waals surface area contributed by atoms with Crippen LogP contribution in [0.25, 0.3) is 10.9 Å². The summed E-state index contributed by atoms with van der Waals surface area (Å²) in [5.74, 6) is -2.96. The summed E-state index contributed by atoms with van der Waals surface area (Å²) < 4.78 is 35.2. The number of para-hydroxylation sites is 1. The van der Waals surface area contributed by atoms with Gasteiger partial charge in [0.25, 0.3) is 10.0 Å². The fourth-order valence-corrected chi connectivity index (χ4v) is 5.32. The molecule has 1 unspecified atom stereocenters. The molecule has 1 heterocycles. The molecular formula is C25H30N4O6S. The number of nitrogens with zero attached hydrogens (tertiary/aromatic N) is 2. The van der Waals surface area contributed by atoms with E-state index in [1.54, 1.807) is 42.8 Å². The molecule has 1 aromatic heterocycles. The highest BCUT2D eigenvalue weighted by molar-refractivity contribution is 7.90. The highest BCUT2D eigenvalue weighted by Crippen LogP contribution is 2.28. The van der Waals surface area contributed by atoms with Crippen molar-refractivity contribution in [3.05, 3.63) is 65.9 Å². The monoisotopic (exact) mass is 514 g/mol. The fraction of sp³-hybridized carbons (Fsp3) is 0.320. The van der Waals surface area contributed by atoms with Crippen LogP contribution < -0.4 is 10.5 Å². The second kappa shape index (κ2) is 11.7. The molecule has 0 aliphatic carbocycles. The molecule has 0 aliphatic rings. The first-order valence-electron chi connectivity index (χ1n) is 11.4. The third-order valence-corrected chi connectivity index (χ3v) is 7.38. The van der Waals surface area contributed by atoms with Crippen LogP contribution in [-0.4, -0.2) is 42.5 Å². The average molecular weight is 515 g/mol. The van der Waals surface area contributed by atoms with Gasteiger partial charge < -0.3 is 20.1 Å². The van der Waals surface area contributed by atoms with E-state index in [4.69, 9.17) is 10.5 Å². The Morgan fingerprint density at radius 3 is 2.50 bits per heavy atom. The van der Waals surface area contributed by atoms with Crippen molar-refractivity contribution in [1.29, 1.82) is 0 Å². The maximum Gasteiger partial charge on any atom is 0.307 e. The topological polar surface area (TPSA) is 153 Å². The number of esters is 1. The number of benzene rings is 2. The number of sulfonamides is 1. The summed E-state index contributed by atoms with van der Waals surface area (Å²) in [4.78, 5) is 27.8. The number of carboxylic acids is 1. The van der Waals surface area contributed by atoms with E-state index in [0.717, 1.165) is 11.1 Å². The molecule has 0 radical (unpaired) electrons. The molecule has 36 heavy (non-hydrogen) atoms. The Morgan fingerprint density at radius 2 is 1.81 bits per heavy atom. The number of aromatic nitrogens is 1. The predicted molar refractivity (Wildman–Crippen MR) is 136 cm³/mol. The van der Waals surface area contributed by atoms with Gasteiger partial charge in [-0.15, -0.1) is 0 Å². The molecule has 0 spiro atoms. The lowest BCUT2D eigenvalue weighted by molar-refractivity contribution is -0.152. The molecule has 2 aromatic carbocycles. The number of aryl methyl sites for hydroxylation is 1. The van der Waals surface area contributed by atoms with Gasteiger partial charge in [-0.1, -0.05) is 48.5 Å². The second-order valence-electron chi connectivity index (χ2n) is 8.39. The number of hydrogen-bond donors (Lipinski definition) is 3. The number of hydrogen-bond acceptors (Lipinski definition) is 6. The van der Waals surface area contributed by atoms with Crippen LogP contribution in [0.3, 0.4) is 0 Å². The molecule has 10 nitrogen and oxygen atoms in total. The summed E-state index contributed by atoms with van der Waals surface area (Å²) in [6.45, 7) is 1.87. The highest BCUT2D eigenvalue weighted by atomic mass is 32.2.